The van der Waals surface area contributed by atoms with Crippen LogP contribution in [0.15, 0.2) is 30.3 Å². The number of aromatic hydroxyl groups is 1. The van der Waals surface area contributed by atoms with Gasteiger partial charge in [0.25, 0.3) is 0 Å². The van der Waals surface area contributed by atoms with Crippen LogP contribution in [0.5, 0.6) is 5.75 Å². The first-order chi connectivity index (χ1) is 7.86. The van der Waals surface area contributed by atoms with Crippen LogP contribution in [-0.4, -0.2) is 27.3 Å². The van der Waals surface area contributed by atoms with E-state index in [1.54, 1.807) is 12.1 Å². The largest absolute Gasteiger partial charge is 0.508 e. The molecule has 0 radical (unpaired) electrons. The second-order valence-electron chi connectivity index (χ2n) is 3.74. The average molecular weight is 236 g/mol. The van der Waals surface area contributed by atoms with Gasteiger partial charge < -0.3 is 15.3 Å². The lowest BCUT2D eigenvalue weighted by atomic mass is 9.90. The summed E-state index contributed by atoms with van der Waals surface area (Å²) in [6, 6.07) is 6.07. The zero-order valence-corrected chi connectivity index (χ0v) is 9.12. The Hall–Kier alpha value is -2.30. The van der Waals surface area contributed by atoms with E-state index in [2.05, 4.69) is 0 Å². The van der Waals surface area contributed by atoms with Gasteiger partial charge >= 0.3 is 11.9 Å². The van der Waals surface area contributed by atoms with Crippen molar-refractivity contribution in [3.63, 3.8) is 0 Å². The monoisotopic (exact) mass is 236 g/mol. The molecule has 0 aliphatic heterocycles. The van der Waals surface area contributed by atoms with Crippen molar-refractivity contribution in [3.8, 4) is 5.75 Å². The molecule has 90 valence electrons. The molecule has 0 saturated carbocycles. The Bertz CT molecular complexity index is 462. The van der Waals surface area contributed by atoms with Gasteiger partial charge in [0, 0.05) is 0 Å². The van der Waals surface area contributed by atoms with E-state index in [1.807, 2.05) is 0 Å². The third-order valence-electron chi connectivity index (χ3n) is 2.37. The molecule has 0 fully saturated rings. The molecule has 17 heavy (non-hydrogen) atoms. The van der Waals surface area contributed by atoms with Crippen LogP contribution in [0.1, 0.15) is 12.5 Å². The second-order valence-corrected chi connectivity index (χ2v) is 3.74. The Morgan fingerprint density at radius 3 is 2.29 bits per heavy atom. The highest BCUT2D eigenvalue weighted by atomic mass is 16.4. The highest BCUT2D eigenvalue weighted by Crippen LogP contribution is 2.21. The zero-order chi connectivity index (χ0) is 13.1. The summed E-state index contributed by atoms with van der Waals surface area (Å²) >= 11 is 0. The number of hydrogen-bond donors (Lipinski definition) is 3. The number of benzene rings is 1. The van der Waals surface area contributed by atoms with Gasteiger partial charge in [-0.3, -0.25) is 9.59 Å². The minimum Gasteiger partial charge on any atom is -0.508 e. The van der Waals surface area contributed by atoms with E-state index in [0.29, 0.717) is 5.56 Å². The first-order valence-corrected chi connectivity index (χ1v) is 4.81. The summed E-state index contributed by atoms with van der Waals surface area (Å²) in [5.41, 5.74) is -1.45. The summed E-state index contributed by atoms with van der Waals surface area (Å²) in [4.78, 5) is 21.7. The Kier molecular flexibility index (Phi) is 3.52. The SMILES string of the molecule is CC(C=Cc1cccc(O)c1)(C(=O)O)C(=O)O. The highest BCUT2D eigenvalue weighted by Gasteiger charge is 2.38. The van der Waals surface area contributed by atoms with Crippen molar-refractivity contribution in [1.29, 1.82) is 0 Å². The van der Waals surface area contributed by atoms with Crippen LogP contribution in [0.2, 0.25) is 0 Å². The maximum Gasteiger partial charge on any atom is 0.324 e. The molecule has 0 atom stereocenters. The van der Waals surface area contributed by atoms with E-state index in [-0.39, 0.29) is 5.75 Å². The van der Waals surface area contributed by atoms with Gasteiger partial charge in [-0.2, -0.15) is 0 Å². The Labute approximate surface area is 97.6 Å². The summed E-state index contributed by atoms with van der Waals surface area (Å²) in [5.74, 6) is -2.86. The number of hydrogen-bond acceptors (Lipinski definition) is 3. The lowest BCUT2D eigenvalue weighted by molar-refractivity contribution is -0.159. The fraction of sp³-hybridized carbons (Fsp3) is 0.167. The number of carboxylic acid groups (broad SMARTS) is 2. The minimum atomic E-state index is -1.98. The number of carboxylic acids is 2. The fourth-order valence-corrected chi connectivity index (χ4v) is 1.13. The molecule has 0 bridgehead atoms. The maximum absolute atomic E-state index is 10.9. The van der Waals surface area contributed by atoms with Crippen LogP contribution in [0.25, 0.3) is 6.08 Å². The van der Waals surface area contributed by atoms with Crippen LogP contribution < -0.4 is 0 Å². The van der Waals surface area contributed by atoms with Crippen molar-refractivity contribution in [2.45, 2.75) is 6.92 Å². The Morgan fingerprint density at radius 1 is 1.24 bits per heavy atom. The van der Waals surface area contributed by atoms with E-state index < -0.39 is 17.4 Å². The van der Waals surface area contributed by atoms with Crippen LogP contribution >= 0.6 is 0 Å². The molecule has 0 heterocycles. The van der Waals surface area contributed by atoms with Gasteiger partial charge in [0.15, 0.2) is 5.41 Å². The van der Waals surface area contributed by atoms with E-state index in [1.165, 1.54) is 18.2 Å². The van der Waals surface area contributed by atoms with Gasteiger partial charge in [-0.1, -0.05) is 24.3 Å². The van der Waals surface area contributed by atoms with Crippen LogP contribution in [0.4, 0.5) is 0 Å². The third-order valence-corrected chi connectivity index (χ3v) is 2.37. The van der Waals surface area contributed by atoms with Crippen LogP contribution in [0.3, 0.4) is 0 Å². The molecular formula is C12H12O5. The lowest BCUT2D eigenvalue weighted by Gasteiger charge is -2.14. The average Bonchev–Trinajstić information content (AvgIpc) is 2.25. The molecule has 1 aromatic rings. The quantitative estimate of drug-likeness (QED) is 0.690. The molecule has 5 nitrogen and oxygen atoms in total. The van der Waals surface area contributed by atoms with E-state index in [0.717, 1.165) is 13.0 Å². The summed E-state index contributed by atoms with van der Waals surface area (Å²) in [6.45, 7) is 1.09. The first kappa shape index (κ1) is 12.8. The molecule has 5 heteroatoms. The number of phenols is 1. The van der Waals surface area contributed by atoms with Gasteiger partial charge in [-0.05, 0) is 24.6 Å². The number of rotatable bonds is 4. The molecule has 0 saturated heterocycles. The maximum atomic E-state index is 10.9. The number of carbonyl (C=O) groups is 2. The normalized spacial score (nSPS) is 11.6. The van der Waals surface area contributed by atoms with E-state index in [4.69, 9.17) is 10.2 Å². The van der Waals surface area contributed by atoms with E-state index >= 15 is 0 Å². The second kappa shape index (κ2) is 4.69. The number of aliphatic carboxylic acids is 2. The molecule has 0 aromatic heterocycles. The smallest absolute Gasteiger partial charge is 0.324 e. The van der Waals surface area contributed by atoms with Gasteiger partial charge in [0.1, 0.15) is 5.75 Å². The van der Waals surface area contributed by atoms with Crippen molar-refractivity contribution in [2.75, 3.05) is 0 Å². The predicted octanol–water partition coefficient (Wildman–Crippen LogP) is 1.58. The summed E-state index contributed by atoms with van der Waals surface area (Å²) in [7, 11) is 0. The highest BCUT2D eigenvalue weighted by molar-refractivity contribution is 6.00. The minimum absolute atomic E-state index is 0.0273. The fourth-order valence-electron chi connectivity index (χ4n) is 1.13. The summed E-state index contributed by atoms with van der Waals surface area (Å²) in [5, 5.41) is 26.9. The van der Waals surface area contributed by atoms with Crippen molar-refractivity contribution in [2.24, 2.45) is 5.41 Å². The molecule has 0 amide bonds. The molecule has 0 unspecified atom stereocenters. The number of phenolic OH excluding ortho intramolecular Hbond substituents is 1. The summed E-state index contributed by atoms with van der Waals surface area (Å²) in [6.07, 6.45) is 2.42. The molecule has 1 aromatic carbocycles. The van der Waals surface area contributed by atoms with Crippen LogP contribution in [0, 0.1) is 5.41 Å². The van der Waals surface area contributed by atoms with Crippen molar-refractivity contribution in [1.82, 2.24) is 0 Å². The van der Waals surface area contributed by atoms with Crippen LogP contribution in [-0.2, 0) is 9.59 Å². The Morgan fingerprint density at radius 2 is 1.82 bits per heavy atom. The third kappa shape index (κ3) is 2.84. The van der Waals surface area contributed by atoms with Gasteiger partial charge in [0.05, 0.1) is 0 Å². The molecule has 0 spiro atoms. The van der Waals surface area contributed by atoms with E-state index in [9.17, 15) is 14.7 Å². The molecule has 0 aliphatic rings. The summed E-state index contributed by atoms with van der Waals surface area (Å²) < 4.78 is 0. The lowest BCUT2D eigenvalue weighted by Crippen LogP contribution is -2.34. The molecule has 3 N–H and O–H groups in total. The predicted molar refractivity (Wildman–Crippen MR) is 60.5 cm³/mol. The van der Waals surface area contributed by atoms with Crippen molar-refractivity contribution < 1.29 is 24.9 Å². The van der Waals surface area contributed by atoms with Gasteiger partial charge in [-0.25, -0.2) is 0 Å². The first-order valence-electron chi connectivity index (χ1n) is 4.81. The van der Waals surface area contributed by atoms with Gasteiger partial charge in [-0.15, -0.1) is 0 Å². The molecule has 0 aliphatic carbocycles. The zero-order valence-electron chi connectivity index (χ0n) is 9.12. The standard InChI is InChI=1S/C12H12O5/c1-12(10(14)15,11(16)17)6-5-8-3-2-4-9(13)7-8/h2-7,13H,1H3,(H,14,15)(H,16,17). The topological polar surface area (TPSA) is 94.8 Å². The van der Waals surface area contributed by atoms with Gasteiger partial charge in [0.2, 0.25) is 0 Å². The molecule has 1 rings (SSSR count). The van der Waals surface area contributed by atoms with Crippen molar-refractivity contribution in [3.05, 3.63) is 35.9 Å². The Balaban J connectivity index is 3.03. The van der Waals surface area contributed by atoms with Crippen molar-refractivity contribution >= 4 is 18.0 Å². The molecular weight excluding hydrogens is 224 g/mol.